The molecule has 2 unspecified atom stereocenters. The molecule has 2 fully saturated rings. The minimum absolute atomic E-state index is 0.318. The molecule has 106 valence electrons. The molecule has 0 radical (unpaired) electrons. The van der Waals surface area contributed by atoms with Crippen molar-refractivity contribution < 1.29 is 14.2 Å². The highest BCUT2D eigenvalue weighted by Crippen LogP contribution is 2.57. The fourth-order valence-corrected chi connectivity index (χ4v) is 3.75. The van der Waals surface area contributed by atoms with Crippen LogP contribution in [0.5, 0.6) is 0 Å². The Labute approximate surface area is 115 Å². The van der Waals surface area contributed by atoms with E-state index in [-0.39, 0.29) is 0 Å². The van der Waals surface area contributed by atoms with Crippen LogP contribution in [0, 0.1) is 5.41 Å². The minimum atomic E-state index is 0.318. The molecule has 0 aromatic heterocycles. The summed E-state index contributed by atoms with van der Waals surface area (Å²) in [4.78, 5) is 0. The van der Waals surface area contributed by atoms with E-state index in [2.05, 4.69) is 0 Å². The number of rotatable bonds is 8. The van der Waals surface area contributed by atoms with Gasteiger partial charge in [0.1, 0.15) is 0 Å². The van der Waals surface area contributed by atoms with E-state index < -0.39 is 0 Å². The molecule has 0 aromatic carbocycles. The highest BCUT2D eigenvalue weighted by atomic mass is 35.5. The molecular formula is C14H25ClO3. The first-order valence-electron chi connectivity index (χ1n) is 7.12. The Morgan fingerprint density at radius 2 is 1.89 bits per heavy atom. The number of hydrogen-bond acceptors (Lipinski definition) is 3. The summed E-state index contributed by atoms with van der Waals surface area (Å²) < 4.78 is 16.3. The van der Waals surface area contributed by atoms with Crippen molar-refractivity contribution in [2.75, 3.05) is 33.5 Å². The van der Waals surface area contributed by atoms with Gasteiger partial charge in [-0.1, -0.05) is 12.8 Å². The van der Waals surface area contributed by atoms with Crippen LogP contribution in [0.25, 0.3) is 0 Å². The van der Waals surface area contributed by atoms with Crippen molar-refractivity contribution >= 4 is 11.6 Å². The zero-order valence-corrected chi connectivity index (χ0v) is 12.1. The van der Waals surface area contributed by atoms with Crippen LogP contribution >= 0.6 is 11.6 Å². The van der Waals surface area contributed by atoms with Gasteiger partial charge in [-0.3, -0.25) is 0 Å². The number of hydrogen-bond donors (Lipinski definition) is 0. The molecule has 4 heteroatoms. The summed E-state index contributed by atoms with van der Waals surface area (Å²) in [5.74, 6) is 0. The van der Waals surface area contributed by atoms with Gasteiger partial charge in [-0.05, 0) is 25.7 Å². The van der Waals surface area contributed by atoms with Gasteiger partial charge in [-0.15, -0.1) is 11.6 Å². The third-order valence-corrected chi connectivity index (χ3v) is 5.02. The van der Waals surface area contributed by atoms with Crippen LogP contribution in [0.4, 0.5) is 0 Å². The fourth-order valence-electron chi connectivity index (χ4n) is 3.23. The maximum Gasteiger partial charge on any atom is 0.0700 e. The molecule has 2 aliphatic carbocycles. The van der Waals surface area contributed by atoms with E-state index in [0.29, 0.717) is 30.1 Å². The third kappa shape index (κ3) is 3.19. The summed E-state index contributed by atoms with van der Waals surface area (Å²) in [6, 6.07) is 0. The predicted octanol–water partition coefficient (Wildman–Crippen LogP) is 3.00. The number of methoxy groups -OCH3 is 1. The monoisotopic (exact) mass is 276 g/mol. The smallest absolute Gasteiger partial charge is 0.0700 e. The average molecular weight is 277 g/mol. The second-order valence-corrected chi connectivity index (χ2v) is 5.99. The molecule has 0 aliphatic heterocycles. The lowest BCUT2D eigenvalue weighted by Gasteiger charge is -2.51. The van der Waals surface area contributed by atoms with Crippen LogP contribution in [-0.4, -0.2) is 45.0 Å². The molecular weight excluding hydrogens is 252 g/mol. The lowest BCUT2D eigenvalue weighted by Crippen LogP contribution is -2.54. The Morgan fingerprint density at radius 3 is 2.56 bits per heavy atom. The third-order valence-electron chi connectivity index (χ3n) is 4.40. The van der Waals surface area contributed by atoms with Crippen molar-refractivity contribution in [3.8, 4) is 0 Å². The van der Waals surface area contributed by atoms with E-state index in [9.17, 15) is 0 Å². The molecule has 0 aromatic rings. The van der Waals surface area contributed by atoms with Gasteiger partial charge in [-0.25, -0.2) is 0 Å². The molecule has 0 heterocycles. The summed E-state index contributed by atoms with van der Waals surface area (Å²) in [7, 11) is 1.69. The van der Waals surface area contributed by atoms with Crippen LogP contribution in [0.1, 0.15) is 38.5 Å². The zero-order valence-electron chi connectivity index (χ0n) is 11.3. The van der Waals surface area contributed by atoms with Crippen molar-refractivity contribution in [2.24, 2.45) is 5.41 Å². The Balaban J connectivity index is 1.55. The Hall–Kier alpha value is 0.170. The first-order valence-corrected chi connectivity index (χ1v) is 7.55. The molecule has 3 nitrogen and oxygen atoms in total. The minimum Gasteiger partial charge on any atom is -0.382 e. The molecule has 1 spiro atoms. The normalized spacial score (nSPS) is 29.7. The largest absolute Gasteiger partial charge is 0.382 e. The first-order chi connectivity index (χ1) is 8.79. The molecule has 2 aliphatic rings. The standard InChI is InChI=1S/C14H25ClO3/c1-16-9-10-17-7-4-8-18-13-11-12(15)14(13)5-2-3-6-14/h12-13H,2-11H2,1H3. The quantitative estimate of drug-likeness (QED) is 0.504. The molecule has 0 saturated heterocycles. The highest BCUT2D eigenvalue weighted by Gasteiger charge is 2.55. The van der Waals surface area contributed by atoms with Gasteiger partial charge in [-0.2, -0.15) is 0 Å². The maximum absolute atomic E-state index is 6.39. The molecule has 2 rings (SSSR count). The Morgan fingerprint density at radius 1 is 1.11 bits per heavy atom. The van der Waals surface area contributed by atoms with Gasteiger partial charge in [0.15, 0.2) is 0 Å². The predicted molar refractivity (Wildman–Crippen MR) is 72.2 cm³/mol. The van der Waals surface area contributed by atoms with Crippen molar-refractivity contribution in [3.63, 3.8) is 0 Å². The van der Waals surface area contributed by atoms with E-state index in [1.165, 1.54) is 25.7 Å². The van der Waals surface area contributed by atoms with Gasteiger partial charge in [0, 0.05) is 31.1 Å². The lowest BCUT2D eigenvalue weighted by atomic mass is 9.64. The topological polar surface area (TPSA) is 27.7 Å². The number of halogens is 1. The van der Waals surface area contributed by atoms with Crippen molar-refractivity contribution in [1.82, 2.24) is 0 Å². The summed E-state index contributed by atoms with van der Waals surface area (Å²) >= 11 is 6.39. The average Bonchev–Trinajstić information content (AvgIpc) is 2.88. The van der Waals surface area contributed by atoms with Crippen LogP contribution in [0.3, 0.4) is 0 Å². The van der Waals surface area contributed by atoms with E-state index in [4.69, 9.17) is 25.8 Å². The molecule has 0 amide bonds. The van der Waals surface area contributed by atoms with Crippen molar-refractivity contribution in [2.45, 2.75) is 50.0 Å². The molecule has 18 heavy (non-hydrogen) atoms. The molecule has 0 bridgehead atoms. The maximum atomic E-state index is 6.39. The zero-order chi connectivity index (χ0) is 12.8. The van der Waals surface area contributed by atoms with E-state index >= 15 is 0 Å². The van der Waals surface area contributed by atoms with Gasteiger partial charge < -0.3 is 14.2 Å². The summed E-state index contributed by atoms with van der Waals surface area (Å²) in [5.41, 5.74) is 0.318. The second kappa shape index (κ2) is 7.09. The van der Waals surface area contributed by atoms with Crippen LogP contribution in [-0.2, 0) is 14.2 Å². The summed E-state index contributed by atoms with van der Waals surface area (Å²) in [6.45, 7) is 2.89. The van der Waals surface area contributed by atoms with Gasteiger partial charge in [0.25, 0.3) is 0 Å². The summed E-state index contributed by atoms with van der Waals surface area (Å²) in [6.07, 6.45) is 7.56. The number of alkyl halides is 1. The van der Waals surface area contributed by atoms with Gasteiger partial charge in [0.2, 0.25) is 0 Å². The van der Waals surface area contributed by atoms with Gasteiger partial charge in [0.05, 0.1) is 19.3 Å². The van der Waals surface area contributed by atoms with Crippen LogP contribution in [0.2, 0.25) is 0 Å². The number of ether oxygens (including phenoxy) is 3. The lowest BCUT2D eigenvalue weighted by molar-refractivity contribution is -0.107. The summed E-state index contributed by atoms with van der Waals surface area (Å²) in [5, 5.41) is 0.350. The first kappa shape index (κ1) is 14.6. The second-order valence-electron chi connectivity index (χ2n) is 5.46. The van der Waals surface area contributed by atoms with Crippen LogP contribution < -0.4 is 0 Å². The van der Waals surface area contributed by atoms with E-state index in [1.807, 2.05) is 0 Å². The molecule has 0 N–H and O–H groups in total. The van der Waals surface area contributed by atoms with Crippen LogP contribution in [0.15, 0.2) is 0 Å². The van der Waals surface area contributed by atoms with E-state index in [0.717, 1.165) is 26.1 Å². The Kier molecular flexibility index (Phi) is 5.74. The van der Waals surface area contributed by atoms with Crippen molar-refractivity contribution in [3.05, 3.63) is 0 Å². The molecule has 2 saturated carbocycles. The highest BCUT2D eigenvalue weighted by molar-refractivity contribution is 6.21. The SMILES string of the molecule is COCCOCCCOC1CC(Cl)C12CCCC2. The molecule has 2 atom stereocenters. The Bertz CT molecular complexity index is 241. The fraction of sp³-hybridized carbons (Fsp3) is 1.00. The van der Waals surface area contributed by atoms with Crippen molar-refractivity contribution in [1.29, 1.82) is 0 Å². The van der Waals surface area contributed by atoms with E-state index in [1.54, 1.807) is 7.11 Å². The van der Waals surface area contributed by atoms with Gasteiger partial charge >= 0.3 is 0 Å².